The third-order valence-electron chi connectivity index (χ3n) is 5.32. The van der Waals surface area contributed by atoms with E-state index >= 15 is 0 Å². The Balaban J connectivity index is 1.67. The van der Waals surface area contributed by atoms with Gasteiger partial charge in [-0.1, -0.05) is 5.21 Å². The number of hydrogen-bond donors (Lipinski definition) is 2. The molecule has 0 bridgehead atoms. The van der Waals surface area contributed by atoms with E-state index in [0.29, 0.717) is 31.7 Å². The van der Waals surface area contributed by atoms with Crippen molar-refractivity contribution in [3.8, 4) is 11.5 Å². The molecule has 0 radical (unpaired) electrons. The molecule has 2 aromatic rings. The molecule has 3 rings (SSSR count). The van der Waals surface area contributed by atoms with Crippen LogP contribution in [0.2, 0.25) is 0 Å². The van der Waals surface area contributed by atoms with E-state index in [1.807, 2.05) is 27.7 Å². The molecule has 140 valence electrons. The second kappa shape index (κ2) is 6.97. The summed E-state index contributed by atoms with van der Waals surface area (Å²) < 4.78 is 7.92. The van der Waals surface area contributed by atoms with Crippen LogP contribution in [0.1, 0.15) is 42.0 Å². The van der Waals surface area contributed by atoms with Gasteiger partial charge in [0, 0.05) is 31.3 Å². The third-order valence-corrected chi connectivity index (χ3v) is 5.32. The Labute approximate surface area is 153 Å². The first-order chi connectivity index (χ1) is 12.3. The van der Waals surface area contributed by atoms with Crippen LogP contribution in [0.4, 0.5) is 0 Å². The maximum Gasteiger partial charge on any atom is 0.263 e. The number of nitrogens with one attached hydrogen (secondary N) is 1. The van der Waals surface area contributed by atoms with Crippen LogP contribution in [-0.4, -0.2) is 38.2 Å². The number of aromatic hydroxyl groups is 1. The van der Waals surface area contributed by atoms with Gasteiger partial charge in [-0.15, -0.1) is 5.10 Å². The number of carbonyl (C=O) groups excluding carboxylic acids is 1. The lowest BCUT2D eigenvalue weighted by Gasteiger charge is -2.36. The zero-order chi connectivity index (χ0) is 18.9. The Morgan fingerprint density at radius 1 is 1.35 bits per heavy atom. The maximum absolute atomic E-state index is 12.7. The van der Waals surface area contributed by atoms with Crippen molar-refractivity contribution in [2.45, 2.75) is 59.1 Å². The fraction of sp³-hybridized carbons (Fsp3) is 0.526. The number of hydrogen-bond acceptors (Lipinski definition) is 5. The van der Waals surface area contributed by atoms with Crippen LogP contribution >= 0.6 is 0 Å². The molecule has 1 amide bonds. The molecule has 26 heavy (non-hydrogen) atoms. The molecule has 2 N–H and O–H groups in total. The van der Waals surface area contributed by atoms with E-state index in [4.69, 9.17) is 4.74 Å². The molecule has 1 atom stereocenters. The van der Waals surface area contributed by atoms with E-state index in [9.17, 15) is 9.90 Å². The number of amides is 1. The van der Waals surface area contributed by atoms with Crippen LogP contribution < -0.4 is 10.1 Å². The summed E-state index contributed by atoms with van der Waals surface area (Å²) in [6.45, 7) is 8.79. The van der Waals surface area contributed by atoms with Gasteiger partial charge in [-0.25, -0.2) is 0 Å². The summed E-state index contributed by atoms with van der Waals surface area (Å²) in [5, 5.41) is 20.9. The van der Waals surface area contributed by atoms with Gasteiger partial charge in [0.2, 0.25) is 0 Å². The van der Waals surface area contributed by atoms with Gasteiger partial charge >= 0.3 is 0 Å². The third kappa shape index (κ3) is 3.25. The van der Waals surface area contributed by atoms with E-state index < -0.39 is 5.60 Å². The molecular weight excluding hydrogens is 332 g/mol. The number of rotatable bonds is 5. The fourth-order valence-electron chi connectivity index (χ4n) is 3.39. The largest absolute Gasteiger partial charge is 0.507 e. The highest BCUT2D eigenvalue weighted by atomic mass is 16.5. The Kier molecular flexibility index (Phi) is 4.89. The van der Waals surface area contributed by atoms with Crippen LogP contribution in [0.15, 0.2) is 12.4 Å². The molecule has 0 saturated carbocycles. The molecule has 0 spiro atoms. The highest BCUT2D eigenvalue weighted by molar-refractivity contribution is 5.85. The van der Waals surface area contributed by atoms with Gasteiger partial charge < -0.3 is 15.2 Å². The first kappa shape index (κ1) is 18.2. The number of aromatic nitrogens is 3. The van der Waals surface area contributed by atoms with Gasteiger partial charge in [0.1, 0.15) is 11.5 Å². The average Bonchev–Trinajstić information content (AvgIpc) is 3.15. The Morgan fingerprint density at radius 2 is 2.12 bits per heavy atom. The first-order valence-corrected chi connectivity index (χ1v) is 8.96. The van der Waals surface area contributed by atoms with Crippen molar-refractivity contribution in [3.63, 3.8) is 0 Å². The standard InChI is InChI=1S/C19H26N4O3/c1-12-13(2)17-15(14(3)16(12)24)6-7-19(4,26-17)18(25)20-8-5-10-23-11-9-21-22-23/h9,11,24H,5-8,10H2,1-4H3,(H,20,25)/t19-/m1/s1. The highest BCUT2D eigenvalue weighted by Crippen LogP contribution is 2.43. The lowest BCUT2D eigenvalue weighted by Crippen LogP contribution is -2.51. The van der Waals surface area contributed by atoms with Crippen molar-refractivity contribution in [1.29, 1.82) is 0 Å². The maximum atomic E-state index is 12.7. The Hall–Kier alpha value is -2.57. The molecule has 0 saturated heterocycles. The molecule has 7 nitrogen and oxygen atoms in total. The van der Waals surface area contributed by atoms with Gasteiger partial charge in [-0.2, -0.15) is 0 Å². The van der Waals surface area contributed by atoms with Crippen molar-refractivity contribution in [1.82, 2.24) is 20.3 Å². The van der Waals surface area contributed by atoms with Gasteiger partial charge in [0.15, 0.2) is 5.60 Å². The van der Waals surface area contributed by atoms with Crippen LogP contribution in [0.3, 0.4) is 0 Å². The summed E-state index contributed by atoms with van der Waals surface area (Å²) >= 11 is 0. The van der Waals surface area contributed by atoms with E-state index in [-0.39, 0.29) is 5.91 Å². The molecule has 0 aliphatic carbocycles. The van der Waals surface area contributed by atoms with Gasteiger partial charge in [0.05, 0.1) is 6.20 Å². The van der Waals surface area contributed by atoms with Gasteiger partial charge in [0.25, 0.3) is 5.91 Å². The molecule has 1 aliphatic rings. The number of carbonyl (C=O) groups is 1. The van der Waals surface area contributed by atoms with E-state index in [2.05, 4.69) is 15.6 Å². The van der Waals surface area contributed by atoms with E-state index in [0.717, 1.165) is 34.4 Å². The summed E-state index contributed by atoms with van der Waals surface area (Å²) in [6.07, 6.45) is 5.49. The molecular formula is C19H26N4O3. The number of nitrogens with zero attached hydrogens (tertiary/aromatic N) is 3. The summed E-state index contributed by atoms with van der Waals surface area (Å²) in [4.78, 5) is 12.7. The van der Waals surface area contributed by atoms with Crippen molar-refractivity contribution < 1.29 is 14.6 Å². The SMILES string of the molecule is Cc1c(C)c2c(c(C)c1O)CC[C@](C)(C(=O)NCCCn1ccnn1)O2. The number of aryl methyl sites for hydroxylation is 1. The number of fused-ring (bicyclic) bond motifs is 1. The molecule has 0 fully saturated rings. The molecule has 1 aromatic heterocycles. The Bertz CT molecular complexity index is 817. The topological polar surface area (TPSA) is 89.3 Å². The van der Waals surface area contributed by atoms with Crippen LogP contribution in [0.5, 0.6) is 11.5 Å². The first-order valence-electron chi connectivity index (χ1n) is 8.96. The quantitative estimate of drug-likeness (QED) is 0.800. The van der Waals surface area contributed by atoms with Crippen molar-refractivity contribution >= 4 is 5.91 Å². The molecule has 0 unspecified atom stereocenters. The summed E-state index contributed by atoms with van der Waals surface area (Å²) in [5.41, 5.74) is 2.65. The zero-order valence-electron chi connectivity index (χ0n) is 15.8. The van der Waals surface area contributed by atoms with Crippen molar-refractivity contribution in [2.75, 3.05) is 6.54 Å². The highest BCUT2D eigenvalue weighted by Gasteiger charge is 2.40. The molecule has 1 aliphatic heterocycles. The van der Waals surface area contributed by atoms with E-state index in [1.165, 1.54) is 0 Å². The number of phenols is 1. The predicted octanol–water partition coefficient (Wildman–Crippen LogP) is 2.20. The normalized spacial score (nSPS) is 18.9. The molecule has 1 aromatic carbocycles. The molecule has 2 heterocycles. The minimum Gasteiger partial charge on any atom is -0.507 e. The van der Waals surface area contributed by atoms with Crippen molar-refractivity contribution in [2.24, 2.45) is 0 Å². The lowest BCUT2D eigenvalue weighted by atomic mass is 9.86. The number of benzene rings is 1. The van der Waals surface area contributed by atoms with Crippen LogP contribution in [0.25, 0.3) is 0 Å². The minimum atomic E-state index is -0.902. The monoisotopic (exact) mass is 358 g/mol. The van der Waals surface area contributed by atoms with Gasteiger partial charge in [-0.3, -0.25) is 9.48 Å². The Morgan fingerprint density at radius 3 is 2.81 bits per heavy atom. The number of ether oxygens (including phenoxy) is 1. The zero-order valence-corrected chi connectivity index (χ0v) is 15.8. The lowest BCUT2D eigenvalue weighted by molar-refractivity contribution is -0.136. The molecule has 7 heteroatoms. The van der Waals surface area contributed by atoms with Crippen LogP contribution in [0, 0.1) is 20.8 Å². The summed E-state index contributed by atoms with van der Waals surface area (Å²) in [5.74, 6) is 0.958. The van der Waals surface area contributed by atoms with E-state index in [1.54, 1.807) is 17.1 Å². The second-order valence-corrected chi connectivity index (χ2v) is 7.14. The van der Waals surface area contributed by atoms with Gasteiger partial charge in [-0.05, 0) is 57.2 Å². The van der Waals surface area contributed by atoms with Crippen LogP contribution in [-0.2, 0) is 17.8 Å². The van der Waals surface area contributed by atoms with Crippen molar-refractivity contribution in [3.05, 3.63) is 34.6 Å². The average molecular weight is 358 g/mol. The fourth-order valence-corrected chi connectivity index (χ4v) is 3.39. The predicted molar refractivity (Wildman–Crippen MR) is 97.3 cm³/mol. The second-order valence-electron chi connectivity index (χ2n) is 7.14. The smallest absolute Gasteiger partial charge is 0.263 e. The summed E-state index contributed by atoms with van der Waals surface area (Å²) in [6, 6.07) is 0. The summed E-state index contributed by atoms with van der Waals surface area (Å²) in [7, 11) is 0. The number of phenolic OH excluding ortho intramolecular Hbond substituents is 1. The minimum absolute atomic E-state index is 0.107.